The van der Waals surface area contributed by atoms with E-state index in [1.807, 2.05) is 6.07 Å². The molecule has 0 radical (unpaired) electrons. The molecule has 1 aromatic carbocycles. The third kappa shape index (κ3) is 4.22. The Kier molecular flexibility index (Phi) is 5.18. The highest BCUT2D eigenvalue weighted by Gasteiger charge is 2.05. The largest absolute Gasteiger partial charge is 0.438 e. The number of rotatable bonds is 8. The molecule has 0 atom stereocenters. The van der Waals surface area contributed by atoms with Crippen molar-refractivity contribution in [3.8, 4) is 0 Å². The summed E-state index contributed by atoms with van der Waals surface area (Å²) in [4.78, 5) is 4.31. The molecule has 5 nitrogen and oxygen atoms in total. The number of nitrogens with zero attached hydrogens (tertiary/aromatic N) is 1. The Labute approximate surface area is 112 Å². The number of aromatic nitrogens is 1. The summed E-state index contributed by atoms with van der Waals surface area (Å²) in [7, 11) is 0. The lowest BCUT2D eigenvalue weighted by molar-refractivity contribution is 0.0329. The topological polar surface area (TPSA) is 70.5 Å². The van der Waals surface area contributed by atoms with Crippen LogP contribution in [0.1, 0.15) is 25.7 Å². The summed E-state index contributed by atoms with van der Waals surface area (Å²) in [5.74, 6) is 0.564. The van der Waals surface area contributed by atoms with Crippen LogP contribution in [0.4, 0.5) is 5.69 Å². The zero-order valence-electron chi connectivity index (χ0n) is 11.2. The van der Waals surface area contributed by atoms with Crippen molar-refractivity contribution in [2.75, 3.05) is 25.6 Å². The molecule has 2 aromatic rings. The standard InChI is InChI=1S/C14H20N2O3/c1-2-3-6-17-7-8-18-10-14-16-12-9-11(15)4-5-13(12)19-14/h4-5,9H,2-3,6-8,10,15H2,1H3. The monoisotopic (exact) mass is 264 g/mol. The predicted octanol–water partition coefficient (Wildman–Crippen LogP) is 2.74. The zero-order valence-corrected chi connectivity index (χ0v) is 11.2. The fourth-order valence-electron chi connectivity index (χ4n) is 1.68. The second kappa shape index (κ2) is 7.11. The van der Waals surface area contributed by atoms with Crippen molar-refractivity contribution in [3.05, 3.63) is 24.1 Å². The molecule has 0 aliphatic rings. The highest BCUT2D eigenvalue weighted by atomic mass is 16.5. The van der Waals surface area contributed by atoms with Gasteiger partial charge in [0.1, 0.15) is 12.1 Å². The second-order valence-electron chi connectivity index (χ2n) is 4.35. The maximum atomic E-state index is 5.68. The molecule has 1 aromatic heterocycles. The first-order valence-electron chi connectivity index (χ1n) is 6.60. The fourth-order valence-corrected chi connectivity index (χ4v) is 1.68. The van der Waals surface area contributed by atoms with E-state index in [4.69, 9.17) is 19.6 Å². The molecule has 2 N–H and O–H groups in total. The number of fused-ring (bicyclic) bond motifs is 1. The second-order valence-corrected chi connectivity index (χ2v) is 4.35. The fraction of sp³-hybridized carbons (Fsp3) is 0.500. The van der Waals surface area contributed by atoms with Gasteiger partial charge in [0.05, 0.1) is 13.2 Å². The number of nitrogen functional groups attached to an aromatic ring is 1. The molecule has 0 amide bonds. The first-order chi connectivity index (χ1) is 9.29. The number of ether oxygens (including phenoxy) is 2. The third-order valence-corrected chi connectivity index (χ3v) is 2.70. The molecule has 0 saturated carbocycles. The number of unbranched alkanes of at least 4 members (excludes halogenated alkanes) is 1. The van der Waals surface area contributed by atoms with E-state index in [-0.39, 0.29) is 0 Å². The molecule has 0 aliphatic carbocycles. The minimum atomic E-state index is 0.353. The molecule has 0 saturated heterocycles. The summed E-state index contributed by atoms with van der Waals surface area (Å²) in [6.45, 7) is 4.44. The lowest BCUT2D eigenvalue weighted by atomic mass is 10.3. The maximum Gasteiger partial charge on any atom is 0.221 e. The quantitative estimate of drug-likeness (QED) is 0.586. The Morgan fingerprint density at radius 2 is 2.05 bits per heavy atom. The average molecular weight is 264 g/mol. The molecule has 0 unspecified atom stereocenters. The van der Waals surface area contributed by atoms with Crippen LogP contribution in [-0.4, -0.2) is 24.8 Å². The lowest BCUT2D eigenvalue weighted by Crippen LogP contribution is -2.05. The number of benzene rings is 1. The molecule has 19 heavy (non-hydrogen) atoms. The molecule has 1 heterocycles. The normalized spacial score (nSPS) is 11.2. The van der Waals surface area contributed by atoms with Crippen LogP contribution in [0.5, 0.6) is 0 Å². The number of hydrogen-bond donors (Lipinski definition) is 1. The van der Waals surface area contributed by atoms with Crippen molar-refractivity contribution in [1.82, 2.24) is 4.98 Å². The Balaban J connectivity index is 1.72. The van der Waals surface area contributed by atoms with Crippen LogP contribution in [0.15, 0.2) is 22.6 Å². The zero-order chi connectivity index (χ0) is 13.5. The molecule has 0 bridgehead atoms. The van der Waals surface area contributed by atoms with Gasteiger partial charge in [-0.1, -0.05) is 13.3 Å². The summed E-state index contributed by atoms with van der Waals surface area (Å²) in [5, 5.41) is 0. The summed E-state index contributed by atoms with van der Waals surface area (Å²) >= 11 is 0. The molecule has 2 rings (SSSR count). The SMILES string of the molecule is CCCCOCCOCc1nc2cc(N)ccc2o1. The van der Waals surface area contributed by atoms with Gasteiger partial charge in [0, 0.05) is 12.3 Å². The van der Waals surface area contributed by atoms with Crippen LogP contribution < -0.4 is 5.73 Å². The van der Waals surface area contributed by atoms with Gasteiger partial charge in [0.2, 0.25) is 5.89 Å². The van der Waals surface area contributed by atoms with Crippen molar-refractivity contribution < 1.29 is 13.9 Å². The molecule has 0 spiro atoms. The van der Waals surface area contributed by atoms with Gasteiger partial charge in [-0.2, -0.15) is 0 Å². The minimum Gasteiger partial charge on any atom is -0.438 e. The van der Waals surface area contributed by atoms with E-state index in [0.717, 1.165) is 30.5 Å². The van der Waals surface area contributed by atoms with Crippen LogP contribution in [0.3, 0.4) is 0 Å². The van der Waals surface area contributed by atoms with Crippen molar-refractivity contribution in [3.63, 3.8) is 0 Å². The number of nitrogens with two attached hydrogens (primary N) is 1. The van der Waals surface area contributed by atoms with E-state index < -0.39 is 0 Å². The molecular formula is C14H20N2O3. The minimum absolute atomic E-state index is 0.353. The molecular weight excluding hydrogens is 244 g/mol. The third-order valence-electron chi connectivity index (χ3n) is 2.70. The molecule has 5 heteroatoms. The van der Waals surface area contributed by atoms with Gasteiger partial charge in [-0.3, -0.25) is 0 Å². The predicted molar refractivity (Wildman–Crippen MR) is 73.8 cm³/mol. The molecule has 104 valence electrons. The maximum absolute atomic E-state index is 5.68. The summed E-state index contributed by atoms with van der Waals surface area (Å²) in [6.07, 6.45) is 2.24. The highest BCUT2D eigenvalue weighted by molar-refractivity contribution is 5.76. The van der Waals surface area contributed by atoms with Gasteiger partial charge in [-0.25, -0.2) is 4.98 Å². The van der Waals surface area contributed by atoms with Gasteiger partial charge in [0.15, 0.2) is 5.58 Å². The van der Waals surface area contributed by atoms with E-state index in [1.54, 1.807) is 12.1 Å². The van der Waals surface area contributed by atoms with Crippen LogP contribution in [0.2, 0.25) is 0 Å². The summed E-state index contributed by atoms with van der Waals surface area (Å²) in [6, 6.07) is 5.39. The van der Waals surface area contributed by atoms with Gasteiger partial charge < -0.3 is 19.6 Å². The Morgan fingerprint density at radius 3 is 2.89 bits per heavy atom. The Morgan fingerprint density at radius 1 is 1.21 bits per heavy atom. The number of hydrogen-bond acceptors (Lipinski definition) is 5. The van der Waals surface area contributed by atoms with Gasteiger partial charge in [-0.15, -0.1) is 0 Å². The van der Waals surface area contributed by atoms with E-state index in [2.05, 4.69) is 11.9 Å². The van der Waals surface area contributed by atoms with Crippen LogP contribution in [0, 0.1) is 0 Å². The van der Waals surface area contributed by atoms with Crippen LogP contribution in [-0.2, 0) is 16.1 Å². The van der Waals surface area contributed by atoms with Crippen LogP contribution in [0.25, 0.3) is 11.1 Å². The summed E-state index contributed by atoms with van der Waals surface area (Å²) in [5.41, 5.74) is 7.85. The average Bonchev–Trinajstić information content (AvgIpc) is 2.79. The smallest absolute Gasteiger partial charge is 0.221 e. The van der Waals surface area contributed by atoms with E-state index in [1.165, 1.54) is 0 Å². The Hall–Kier alpha value is -1.59. The van der Waals surface area contributed by atoms with E-state index in [9.17, 15) is 0 Å². The van der Waals surface area contributed by atoms with Crippen molar-refractivity contribution in [2.24, 2.45) is 0 Å². The first-order valence-corrected chi connectivity index (χ1v) is 6.60. The van der Waals surface area contributed by atoms with Gasteiger partial charge >= 0.3 is 0 Å². The summed E-state index contributed by atoms with van der Waals surface area (Å²) < 4.78 is 16.4. The van der Waals surface area contributed by atoms with E-state index in [0.29, 0.717) is 31.4 Å². The first kappa shape index (κ1) is 13.8. The highest BCUT2D eigenvalue weighted by Crippen LogP contribution is 2.18. The Bertz CT molecular complexity index is 510. The van der Waals surface area contributed by atoms with Crippen molar-refractivity contribution in [2.45, 2.75) is 26.4 Å². The van der Waals surface area contributed by atoms with Gasteiger partial charge in [0.25, 0.3) is 0 Å². The van der Waals surface area contributed by atoms with Crippen molar-refractivity contribution >= 4 is 16.8 Å². The number of oxazole rings is 1. The van der Waals surface area contributed by atoms with Crippen molar-refractivity contribution in [1.29, 1.82) is 0 Å². The van der Waals surface area contributed by atoms with E-state index >= 15 is 0 Å². The van der Waals surface area contributed by atoms with Crippen LogP contribution >= 0.6 is 0 Å². The number of anilines is 1. The van der Waals surface area contributed by atoms with Gasteiger partial charge in [-0.05, 0) is 24.6 Å². The lowest BCUT2D eigenvalue weighted by Gasteiger charge is -2.03. The molecule has 0 fully saturated rings. The molecule has 0 aliphatic heterocycles.